The van der Waals surface area contributed by atoms with Crippen LogP contribution >= 0.6 is 0 Å². The summed E-state index contributed by atoms with van der Waals surface area (Å²) in [6.45, 7) is 0.175. The Bertz CT molecular complexity index is 811. The lowest BCUT2D eigenvalue weighted by atomic mass is 9.97. The van der Waals surface area contributed by atoms with Crippen LogP contribution in [0.1, 0.15) is 30.4 Å². The Balaban J connectivity index is 1.67. The van der Waals surface area contributed by atoms with Gasteiger partial charge in [0.1, 0.15) is 0 Å². The largest absolute Gasteiger partial charge is 0.415 e. The first kappa shape index (κ1) is 21.3. The minimum Gasteiger partial charge on any atom is -0.382 e. The van der Waals surface area contributed by atoms with Crippen molar-refractivity contribution in [3.05, 3.63) is 65.7 Å². The van der Waals surface area contributed by atoms with E-state index in [-0.39, 0.29) is 18.9 Å². The van der Waals surface area contributed by atoms with Gasteiger partial charge in [0.2, 0.25) is 5.91 Å². The van der Waals surface area contributed by atoms with Gasteiger partial charge in [-0.15, -0.1) is 0 Å². The van der Waals surface area contributed by atoms with Crippen molar-refractivity contribution in [1.29, 1.82) is 0 Å². The third-order valence-electron chi connectivity index (χ3n) is 5.24. The average Bonchev–Trinajstić information content (AvgIpc) is 2.69. The molecule has 7 heteroatoms. The number of para-hydroxylation sites is 1. The number of hydrogen-bond acceptors (Lipinski definition) is 3. The van der Waals surface area contributed by atoms with Crippen molar-refractivity contribution < 1.29 is 23.1 Å². The molecule has 3 rings (SSSR count). The van der Waals surface area contributed by atoms with Crippen LogP contribution in [0.4, 0.5) is 18.9 Å². The molecule has 29 heavy (non-hydrogen) atoms. The lowest BCUT2D eigenvalue weighted by Crippen LogP contribution is -2.54. The number of carbonyl (C=O) groups excluding carboxylic acids is 1. The SMILES string of the molecule is O=C(CN1CCCC[C@@H]1[C@H](O)C(F)(F)F)Nc1ccccc1Cc1ccccc1. The minimum atomic E-state index is -4.70. The van der Waals surface area contributed by atoms with Gasteiger partial charge in [0.25, 0.3) is 0 Å². The molecule has 1 fully saturated rings. The van der Waals surface area contributed by atoms with E-state index >= 15 is 0 Å². The van der Waals surface area contributed by atoms with Gasteiger partial charge in [-0.1, -0.05) is 55.0 Å². The number of carbonyl (C=O) groups is 1. The Morgan fingerprint density at radius 2 is 1.79 bits per heavy atom. The molecule has 0 aliphatic carbocycles. The third-order valence-corrected chi connectivity index (χ3v) is 5.24. The minimum absolute atomic E-state index is 0.183. The highest BCUT2D eigenvalue weighted by atomic mass is 19.4. The van der Waals surface area contributed by atoms with Crippen LogP contribution in [-0.4, -0.2) is 47.3 Å². The van der Waals surface area contributed by atoms with Crippen molar-refractivity contribution in [2.24, 2.45) is 0 Å². The fourth-order valence-electron chi connectivity index (χ4n) is 3.78. The molecule has 0 saturated carbocycles. The standard InChI is InChI=1S/C22H25F3N2O2/c23-22(24,25)21(29)19-12-6-7-13-27(19)15-20(28)26-18-11-5-4-10-17(18)14-16-8-2-1-3-9-16/h1-5,8-11,19,21,29H,6-7,12-15H2,(H,26,28)/t19-,21+/m1/s1. The zero-order valence-electron chi connectivity index (χ0n) is 16.0. The molecule has 2 aromatic rings. The van der Waals surface area contributed by atoms with Gasteiger partial charge in [-0.25, -0.2) is 0 Å². The van der Waals surface area contributed by atoms with Gasteiger partial charge in [0.15, 0.2) is 6.10 Å². The van der Waals surface area contributed by atoms with Crippen molar-refractivity contribution in [2.75, 3.05) is 18.4 Å². The number of nitrogens with zero attached hydrogens (tertiary/aromatic N) is 1. The van der Waals surface area contributed by atoms with Crippen LogP contribution in [0, 0.1) is 0 Å². The molecule has 2 aromatic carbocycles. The first-order valence-electron chi connectivity index (χ1n) is 9.75. The number of anilines is 1. The zero-order valence-corrected chi connectivity index (χ0v) is 16.0. The van der Waals surface area contributed by atoms with E-state index in [0.29, 0.717) is 31.5 Å². The first-order valence-corrected chi connectivity index (χ1v) is 9.75. The lowest BCUT2D eigenvalue weighted by molar-refractivity contribution is -0.224. The Labute approximate surface area is 168 Å². The second kappa shape index (κ2) is 9.41. The highest BCUT2D eigenvalue weighted by molar-refractivity contribution is 5.93. The quantitative estimate of drug-likeness (QED) is 0.763. The lowest BCUT2D eigenvalue weighted by Gasteiger charge is -2.38. The molecule has 0 aromatic heterocycles. The number of nitrogens with one attached hydrogen (secondary N) is 1. The van der Waals surface area contributed by atoms with Crippen molar-refractivity contribution in [3.8, 4) is 0 Å². The van der Waals surface area contributed by atoms with E-state index in [1.54, 1.807) is 12.1 Å². The zero-order chi connectivity index (χ0) is 20.9. The Hall–Kier alpha value is -2.38. The molecule has 2 atom stereocenters. The van der Waals surface area contributed by atoms with Crippen LogP contribution in [0.2, 0.25) is 0 Å². The molecule has 2 N–H and O–H groups in total. The van der Waals surface area contributed by atoms with E-state index in [1.165, 1.54) is 4.90 Å². The molecule has 1 aliphatic rings. The summed E-state index contributed by atoms with van der Waals surface area (Å²) >= 11 is 0. The van der Waals surface area contributed by atoms with Gasteiger partial charge in [-0.05, 0) is 43.0 Å². The number of benzene rings is 2. The number of aliphatic hydroxyl groups is 1. The van der Waals surface area contributed by atoms with E-state index in [4.69, 9.17) is 0 Å². The molecule has 1 aliphatic heterocycles. The maximum absolute atomic E-state index is 13.0. The van der Waals surface area contributed by atoms with Crippen LogP contribution in [0.5, 0.6) is 0 Å². The van der Waals surface area contributed by atoms with Gasteiger partial charge < -0.3 is 10.4 Å². The number of likely N-dealkylation sites (tertiary alicyclic amines) is 1. The van der Waals surface area contributed by atoms with Crippen molar-refractivity contribution >= 4 is 11.6 Å². The molecule has 4 nitrogen and oxygen atoms in total. The van der Waals surface area contributed by atoms with Crippen molar-refractivity contribution in [1.82, 2.24) is 4.90 Å². The maximum Gasteiger partial charge on any atom is 0.415 e. The molecule has 0 bridgehead atoms. The van der Waals surface area contributed by atoms with Gasteiger partial charge in [0.05, 0.1) is 6.54 Å². The summed E-state index contributed by atoms with van der Waals surface area (Å²) < 4.78 is 38.9. The fraction of sp³-hybridized carbons (Fsp3) is 0.409. The van der Waals surface area contributed by atoms with Crippen LogP contribution < -0.4 is 5.32 Å². The molecule has 156 valence electrons. The number of amides is 1. The Kier molecular flexibility index (Phi) is 6.92. The van der Waals surface area contributed by atoms with E-state index in [9.17, 15) is 23.1 Å². The first-order chi connectivity index (χ1) is 13.8. The average molecular weight is 406 g/mol. The Morgan fingerprint density at radius 1 is 1.10 bits per heavy atom. The highest BCUT2D eigenvalue weighted by Crippen LogP contribution is 2.30. The number of halogens is 3. The van der Waals surface area contributed by atoms with Crippen LogP contribution in [0.15, 0.2) is 54.6 Å². The fourth-order valence-corrected chi connectivity index (χ4v) is 3.78. The Morgan fingerprint density at radius 3 is 2.52 bits per heavy atom. The van der Waals surface area contributed by atoms with E-state index < -0.39 is 18.3 Å². The summed E-state index contributed by atoms with van der Waals surface area (Å²) in [6.07, 6.45) is -4.97. The number of aliphatic hydroxyl groups excluding tert-OH is 1. The maximum atomic E-state index is 13.0. The van der Waals surface area contributed by atoms with Crippen LogP contribution in [0.25, 0.3) is 0 Å². The smallest absolute Gasteiger partial charge is 0.382 e. The van der Waals surface area contributed by atoms with Crippen molar-refractivity contribution in [3.63, 3.8) is 0 Å². The second-order valence-corrected chi connectivity index (χ2v) is 7.39. The topological polar surface area (TPSA) is 52.6 Å². The molecule has 0 unspecified atom stereocenters. The molecular formula is C22H25F3N2O2. The molecule has 1 heterocycles. The van der Waals surface area contributed by atoms with Gasteiger partial charge >= 0.3 is 6.18 Å². The van der Waals surface area contributed by atoms with E-state index in [0.717, 1.165) is 11.1 Å². The normalized spacial score (nSPS) is 19.0. The summed E-state index contributed by atoms with van der Waals surface area (Å²) in [7, 11) is 0. The van der Waals surface area contributed by atoms with Crippen LogP contribution in [-0.2, 0) is 11.2 Å². The predicted molar refractivity (Wildman–Crippen MR) is 106 cm³/mol. The highest BCUT2D eigenvalue weighted by Gasteiger charge is 2.46. The van der Waals surface area contributed by atoms with E-state index in [2.05, 4.69) is 5.32 Å². The predicted octanol–water partition coefficient (Wildman–Crippen LogP) is 3.99. The summed E-state index contributed by atoms with van der Waals surface area (Å²) in [5.74, 6) is -0.383. The van der Waals surface area contributed by atoms with E-state index in [1.807, 2.05) is 42.5 Å². The summed E-state index contributed by atoms with van der Waals surface area (Å²) in [5.41, 5.74) is 2.67. The monoisotopic (exact) mass is 406 g/mol. The van der Waals surface area contributed by atoms with Gasteiger partial charge in [0, 0.05) is 11.7 Å². The van der Waals surface area contributed by atoms with Gasteiger partial charge in [-0.2, -0.15) is 13.2 Å². The van der Waals surface area contributed by atoms with Crippen molar-refractivity contribution in [2.45, 2.75) is 44.0 Å². The summed E-state index contributed by atoms with van der Waals surface area (Å²) in [5, 5.41) is 12.5. The number of alkyl halides is 3. The number of hydrogen-bond donors (Lipinski definition) is 2. The second-order valence-electron chi connectivity index (χ2n) is 7.39. The molecule has 0 radical (unpaired) electrons. The summed E-state index contributed by atoms with van der Waals surface area (Å²) in [6, 6.07) is 16.1. The summed E-state index contributed by atoms with van der Waals surface area (Å²) in [4.78, 5) is 14.0. The molecule has 1 saturated heterocycles. The molecule has 1 amide bonds. The van der Waals surface area contributed by atoms with Crippen LogP contribution in [0.3, 0.4) is 0 Å². The third kappa shape index (κ3) is 5.81. The number of piperidine rings is 1. The number of rotatable bonds is 6. The molecule has 0 spiro atoms. The molecular weight excluding hydrogens is 381 g/mol. The van der Waals surface area contributed by atoms with Gasteiger partial charge in [-0.3, -0.25) is 9.69 Å².